The molecule has 0 amide bonds. The number of hydrogen-bond acceptors (Lipinski definition) is 2. The average Bonchev–Trinajstić information content (AvgIpc) is 2.79. The maximum Gasteiger partial charge on any atom is 0.314 e. The second-order valence-corrected chi connectivity index (χ2v) is 4.90. The molecule has 1 aromatic rings. The topological polar surface area (TPSA) is 57.5 Å². The molecule has 1 aromatic carbocycles. The van der Waals surface area contributed by atoms with E-state index in [-0.39, 0.29) is 0 Å². The van der Waals surface area contributed by atoms with Gasteiger partial charge in [-0.2, -0.15) is 0 Å². The van der Waals surface area contributed by atoms with Gasteiger partial charge in [-0.1, -0.05) is 37.1 Å². The first kappa shape index (κ1) is 12.1. The molecule has 1 aliphatic rings. The van der Waals surface area contributed by atoms with Gasteiger partial charge in [0.25, 0.3) is 0 Å². The second-order valence-electron chi connectivity index (χ2n) is 4.90. The number of carboxylic acid groups (broad SMARTS) is 1. The summed E-state index contributed by atoms with van der Waals surface area (Å²) in [7, 11) is 0. The molecule has 1 aliphatic carbocycles. The third kappa shape index (κ3) is 2.07. The van der Waals surface area contributed by atoms with E-state index >= 15 is 0 Å². The summed E-state index contributed by atoms with van der Waals surface area (Å²) < 4.78 is 0. The molecule has 1 atom stereocenters. The van der Waals surface area contributed by atoms with Gasteiger partial charge < -0.3 is 10.2 Å². The largest absolute Gasteiger partial charge is 0.481 e. The minimum atomic E-state index is -0.738. The first-order chi connectivity index (χ1) is 8.06. The number of aliphatic hydroxyl groups is 1. The molecular weight excluding hydrogens is 216 g/mol. The van der Waals surface area contributed by atoms with Crippen molar-refractivity contribution in [1.29, 1.82) is 0 Å². The van der Waals surface area contributed by atoms with Gasteiger partial charge in [0.2, 0.25) is 0 Å². The molecule has 1 saturated carbocycles. The van der Waals surface area contributed by atoms with Crippen molar-refractivity contribution in [2.24, 2.45) is 0 Å². The number of benzene rings is 1. The van der Waals surface area contributed by atoms with Gasteiger partial charge in [-0.05, 0) is 30.9 Å². The molecule has 17 heavy (non-hydrogen) atoms. The molecule has 0 saturated heterocycles. The number of aliphatic carboxylic acids is 1. The Bertz CT molecular complexity index is 417. The first-order valence-electron chi connectivity index (χ1n) is 6.08. The molecule has 3 heteroatoms. The number of aliphatic hydroxyl groups excluding tert-OH is 1. The van der Waals surface area contributed by atoms with Gasteiger partial charge in [0.1, 0.15) is 0 Å². The van der Waals surface area contributed by atoms with Crippen LogP contribution in [-0.2, 0) is 10.2 Å². The molecule has 1 fully saturated rings. The molecule has 3 nitrogen and oxygen atoms in total. The van der Waals surface area contributed by atoms with E-state index in [0.717, 1.165) is 24.0 Å². The van der Waals surface area contributed by atoms with Crippen molar-refractivity contribution < 1.29 is 15.0 Å². The Morgan fingerprint density at radius 1 is 1.35 bits per heavy atom. The van der Waals surface area contributed by atoms with Crippen molar-refractivity contribution in [3.8, 4) is 0 Å². The third-order valence-corrected chi connectivity index (χ3v) is 3.79. The van der Waals surface area contributed by atoms with Gasteiger partial charge in [-0.25, -0.2) is 0 Å². The quantitative estimate of drug-likeness (QED) is 0.845. The average molecular weight is 234 g/mol. The van der Waals surface area contributed by atoms with Crippen LogP contribution < -0.4 is 0 Å². The lowest BCUT2D eigenvalue weighted by Gasteiger charge is -2.25. The third-order valence-electron chi connectivity index (χ3n) is 3.79. The molecule has 92 valence electrons. The summed E-state index contributed by atoms with van der Waals surface area (Å²) in [5, 5.41) is 19.1. The highest BCUT2D eigenvalue weighted by Crippen LogP contribution is 2.41. The van der Waals surface area contributed by atoms with Crippen molar-refractivity contribution in [2.75, 3.05) is 0 Å². The molecule has 0 spiro atoms. The van der Waals surface area contributed by atoms with Gasteiger partial charge in [-0.3, -0.25) is 4.79 Å². The molecule has 2 N–H and O–H groups in total. The summed E-state index contributed by atoms with van der Waals surface area (Å²) in [6.45, 7) is 1.70. The van der Waals surface area contributed by atoms with E-state index in [2.05, 4.69) is 0 Å². The van der Waals surface area contributed by atoms with E-state index in [1.54, 1.807) is 6.92 Å². The summed E-state index contributed by atoms with van der Waals surface area (Å²) in [4.78, 5) is 11.5. The molecule has 0 aliphatic heterocycles. The van der Waals surface area contributed by atoms with Crippen LogP contribution in [0.2, 0.25) is 0 Å². The van der Waals surface area contributed by atoms with E-state index in [4.69, 9.17) is 0 Å². The summed E-state index contributed by atoms with van der Waals surface area (Å²) in [5.74, 6) is -0.738. The number of carbonyl (C=O) groups is 1. The Morgan fingerprint density at radius 2 is 2.00 bits per heavy atom. The van der Waals surface area contributed by atoms with E-state index in [9.17, 15) is 15.0 Å². The maximum atomic E-state index is 11.5. The smallest absolute Gasteiger partial charge is 0.314 e. The Morgan fingerprint density at radius 3 is 2.53 bits per heavy atom. The zero-order valence-electron chi connectivity index (χ0n) is 10.0. The highest BCUT2D eigenvalue weighted by atomic mass is 16.4. The van der Waals surface area contributed by atoms with Gasteiger partial charge in [0.05, 0.1) is 11.5 Å². The number of hydrogen-bond donors (Lipinski definition) is 2. The van der Waals surface area contributed by atoms with E-state index in [0.29, 0.717) is 12.8 Å². The fourth-order valence-corrected chi connectivity index (χ4v) is 2.70. The normalized spacial score (nSPS) is 20.1. The Kier molecular flexibility index (Phi) is 3.20. The minimum Gasteiger partial charge on any atom is -0.481 e. The molecule has 0 aromatic heterocycles. The van der Waals surface area contributed by atoms with Crippen LogP contribution >= 0.6 is 0 Å². The molecule has 0 radical (unpaired) electrons. The summed E-state index contributed by atoms with van der Waals surface area (Å²) in [6, 6.07) is 7.37. The summed E-state index contributed by atoms with van der Waals surface area (Å²) in [5.41, 5.74) is 0.890. The van der Waals surface area contributed by atoms with Crippen molar-refractivity contribution in [2.45, 2.75) is 44.1 Å². The van der Waals surface area contributed by atoms with Crippen LogP contribution in [0.25, 0.3) is 0 Å². The molecule has 2 rings (SSSR count). The van der Waals surface area contributed by atoms with Crippen LogP contribution in [0.3, 0.4) is 0 Å². The second kappa shape index (κ2) is 4.49. The van der Waals surface area contributed by atoms with E-state index < -0.39 is 17.5 Å². The highest BCUT2D eigenvalue weighted by Gasteiger charge is 2.42. The molecule has 1 unspecified atom stereocenters. The summed E-state index contributed by atoms with van der Waals surface area (Å²) >= 11 is 0. The minimum absolute atomic E-state index is 0.554. The van der Waals surface area contributed by atoms with Crippen molar-refractivity contribution in [1.82, 2.24) is 0 Å². The fourth-order valence-electron chi connectivity index (χ4n) is 2.70. The standard InChI is InChI=1S/C14H18O3/c1-10(15)11-5-4-6-12(9-11)14(13(16)17)7-2-3-8-14/h4-6,9-10,15H,2-3,7-8H2,1H3,(H,16,17). The van der Waals surface area contributed by atoms with Crippen molar-refractivity contribution >= 4 is 5.97 Å². The number of rotatable bonds is 3. The first-order valence-corrected chi connectivity index (χ1v) is 6.08. The monoisotopic (exact) mass is 234 g/mol. The fraction of sp³-hybridized carbons (Fsp3) is 0.500. The van der Waals surface area contributed by atoms with Crippen molar-refractivity contribution in [3.63, 3.8) is 0 Å². The van der Waals surface area contributed by atoms with Gasteiger partial charge in [0.15, 0.2) is 0 Å². The lowest BCUT2D eigenvalue weighted by molar-refractivity contribution is -0.143. The predicted molar refractivity (Wildman–Crippen MR) is 64.9 cm³/mol. The SMILES string of the molecule is CC(O)c1cccc(C2(C(=O)O)CCCC2)c1. The van der Waals surface area contributed by atoms with Crippen LogP contribution in [0.5, 0.6) is 0 Å². The predicted octanol–water partition coefficient (Wildman–Crippen LogP) is 2.64. The molecular formula is C14H18O3. The zero-order valence-corrected chi connectivity index (χ0v) is 10.0. The van der Waals surface area contributed by atoms with Gasteiger partial charge in [0, 0.05) is 0 Å². The Labute approximate surface area is 101 Å². The lowest BCUT2D eigenvalue weighted by atomic mass is 9.78. The lowest BCUT2D eigenvalue weighted by Crippen LogP contribution is -2.32. The molecule has 0 bridgehead atoms. The Balaban J connectivity index is 2.43. The molecule has 0 heterocycles. The van der Waals surface area contributed by atoms with Crippen LogP contribution in [0.1, 0.15) is 49.8 Å². The summed E-state index contributed by atoms with van der Waals surface area (Å²) in [6.07, 6.45) is 2.77. The van der Waals surface area contributed by atoms with E-state index in [1.807, 2.05) is 24.3 Å². The van der Waals surface area contributed by atoms with Gasteiger partial charge in [-0.15, -0.1) is 0 Å². The van der Waals surface area contributed by atoms with Crippen molar-refractivity contribution in [3.05, 3.63) is 35.4 Å². The maximum absolute atomic E-state index is 11.5. The highest BCUT2D eigenvalue weighted by molar-refractivity contribution is 5.81. The van der Waals surface area contributed by atoms with Crippen LogP contribution in [0, 0.1) is 0 Å². The Hall–Kier alpha value is -1.35. The van der Waals surface area contributed by atoms with Crippen LogP contribution in [-0.4, -0.2) is 16.2 Å². The van der Waals surface area contributed by atoms with Crippen LogP contribution in [0.15, 0.2) is 24.3 Å². The number of carboxylic acids is 1. The van der Waals surface area contributed by atoms with E-state index in [1.165, 1.54) is 0 Å². The zero-order chi connectivity index (χ0) is 12.5. The van der Waals surface area contributed by atoms with Gasteiger partial charge >= 0.3 is 5.97 Å². The van der Waals surface area contributed by atoms with Crippen LogP contribution in [0.4, 0.5) is 0 Å².